The molecule has 1 aliphatic heterocycles. The van der Waals surface area contributed by atoms with Crippen molar-refractivity contribution in [1.82, 2.24) is 5.32 Å². The molecule has 1 aromatic rings. The van der Waals surface area contributed by atoms with Gasteiger partial charge < -0.3 is 5.32 Å². The maximum atomic E-state index is 11.7. The van der Waals surface area contributed by atoms with Crippen molar-refractivity contribution in [3.8, 4) is 0 Å². The molecular weight excluding hydrogens is 242 g/mol. The highest BCUT2D eigenvalue weighted by atomic mass is 79.9. The minimum atomic E-state index is -0.134. The molecule has 0 unspecified atom stereocenters. The van der Waals surface area contributed by atoms with E-state index in [1.54, 1.807) is 0 Å². The van der Waals surface area contributed by atoms with Gasteiger partial charge >= 0.3 is 0 Å². The lowest BCUT2D eigenvalue weighted by Crippen LogP contribution is -2.49. The second kappa shape index (κ2) is 3.09. The normalized spacial score (nSPS) is 18.6. The van der Waals surface area contributed by atoms with Gasteiger partial charge in [-0.3, -0.25) is 4.79 Å². The van der Waals surface area contributed by atoms with Crippen molar-refractivity contribution in [3.63, 3.8) is 0 Å². The molecule has 1 aliphatic rings. The van der Waals surface area contributed by atoms with E-state index in [4.69, 9.17) is 0 Å². The first kappa shape index (κ1) is 9.71. The standard InChI is InChI=1S/C11H12BrNO/c1-11(2)6-7-5-8(12)3-4-9(7)10(14)13-11/h3-5H,6H2,1-2H3,(H,13,14). The molecule has 0 saturated carbocycles. The fourth-order valence-corrected chi connectivity index (χ4v) is 2.23. The Bertz CT molecular complexity index is 398. The maximum Gasteiger partial charge on any atom is 0.251 e. The van der Waals surface area contributed by atoms with Crippen LogP contribution in [-0.4, -0.2) is 11.4 Å². The second-order valence-electron chi connectivity index (χ2n) is 4.32. The predicted molar refractivity (Wildman–Crippen MR) is 59.4 cm³/mol. The molecule has 2 nitrogen and oxygen atoms in total. The van der Waals surface area contributed by atoms with E-state index < -0.39 is 0 Å². The zero-order valence-electron chi connectivity index (χ0n) is 8.23. The summed E-state index contributed by atoms with van der Waals surface area (Å²) in [6.07, 6.45) is 0.882. The third-order valence-electron chi connectivity index (χ3n) is 2.40. The number of carbonyl (C=O) groups is 1. The van der Waals surface area contributed by atoms with Crippen LogP contribution in [0.15, 0.2) is 22.7 Å². The second-order valence-corrected chi connectivity index (χ2v) is 5.23. The lowest BCUT2D eigenvalue weighted by atomic mass is 9.87. The summed E-state index contributed by atoms with van der Waals surface area (Å²) in [5.74, 6) is 0.0313. The van der Waals surface area contributed by atoms with E-state index in [0.29, 0.717) is 0 Å². The lowest BCUT2D eigenvalue weighted by molar-refractivity contribution is 0.0897. The van der Waals surface area contributed by atoms with Crippen LogP contribution < -0.4 is 5.32 Å². The molecule has 0 radical (unpaired) electrons. The molecule has 1 N–H and O–H groups in total. The number of rotatable bonds is 0. The Morgan fingerprint density at radius 3 is 2.86 bits per heavy atom. The number of nitrogens with one attached hydrogen (secondary N) is 1. The van der Waals surface area contributed by atoms with E-state index >= 15 is 0 Å². The Hall–Kier alpha value is -0.830. The molecule has 0 spiro atoms. The third-order valence-corrected chi connectivity index (χ3v) is 2.89. The van der Waals surface area contributed by atoms with Crippen molar-refractivity contribution in [2.45, 2.75) is 25.8 Å². The van der Waals surface area contributed by atoms with E-state index in [1.807, 2.05) is 32.0 Å². The molecule has 0 aliphatic carbocycles. The van der Waals surface area contributed by atoms with Crippen LogP contribution in [0.5, 0.6) is 0 Å². The SMILES string of the molecule is CC1(C)Cc2cc(Br)ccc2C(=O)N1. The van der Waals surface area contributed by atoms with Gasteiger partial charge in [-0.05, 0) is 44.0 Å². The van der Waals surface area contributed by atoms with Crippen molar-refractivity contribution in [1.29, 1.82) is 0 Å². The third kappa shape index (κ3) is 1.69. The van der Waals surface area contributed by atoms with Crippen LogP contribution in [0.25, 0.3) is 0 Å². The lowest BCUT2D eigenvalue weighted by Gasteiger charge is -2.32. The van der Waals surface area contributed by atoms with Crippen molar-refractivity contribution < 1.29 is 4.79 Å². The Kier molecular flexibility index (Phi) is 2.14. The summed E-state index contributed by atoms with van der Waals surface area (Å²) in [4.78, 5) is 11.7. The summed E-state index contributed by atoms with van der Waals surface area (Å²) in [6, 6.07) is 5.79. The highest BCUT2D eigenvalue weighted by Crippen LogP contribution is 2.25. The molecule has 0 atom stereocenters. The summed E-state index contributed by atoms with van der Waals surface area (Å²) < 4.78 is 1.03. The number of fused-ring (bicyclic) bond motifs is 1. The minimum Gasteiger partial charge on any atom is -0.347 e. The molecule has 74 valence electrons. The number of amides is 1. The molecule has 1 heterocycles. The van der Waals surface area contributed by atoms with E-state index in [0.717, 1.165) is 22.0 Å². The fourth-order valence-electron chi connectivity index (χ4n) is 1.83. The van der Waals surface area contributed by atoms with Gasteiger partial charge in [0, 0.05) is 15.6 Å². The Balaban J connectivity index is 2.51. The van der Waals surface area contributed by atoms with Gasteiger partial charge in [0.25, 0.3) is 5.91 Å². The summed E-state index contributed by atoms with van der Waals surface area (Å²) >= 11 is 3.42. The first-order valence-corrected chi connectivity index (χ1v) is 5.38. The molecule has 1 aromatic carbocycles. The molecule has 0 bridgehead atoms. The van der Waals surface area contributed by atoms with Crippen LogP contribution in [0.2, 0.25) is 0 Å². The monoisotopic (exact) mass is 253 g/mol. The summed E-state index contributed by atoms with van der Waals surface area (Å²) in [5.41, 5.74) is 1.78. The molecule has 3 heteroatoms. The van der Waals surface area contributed by atoms with Crippen LogP contribution in [-0.2, 0) is 6.42 Å². The van der Waals surface area contributed by atoms with Gasteiger partial charge in [-0.1, -0.05) is 15.9 Å². The van der Waals surface area contributed by atoms with Crippen LogP contribution >= 0.6 is 15.9 Å². The van der Waals surface area contributed by atoms with Gasteiger partial charge in [-0.2, -0.15) is 0 Å². The molecule has 1 amide bonds. The van der Waals surface area contributed by atoms with Crippen molar-refractivity contribution in [2.75, 3.05) is 0 Å². The average Bonchev–Trinajstić information content (AvgIpc) is 2.00. The van der Waals surface area contributed by atoms with Gasteiger partial charge in [0.1, 0.15) is 0 Å². The molecule has 0 aromatic heterocycles. The Morgan fingerprint density at radius 2 is 2.14 bits per heavy atom. The average molecular weight is 254 g/mol. The zero-order chi connectivity index (χ0) is 10.3. The topological polar surface area (TPSA) is 29.1 Å². The Morgan fingerprint density at radius 1 is 1.43 bits per heavy atom. The molecule has 2 rings (SSSR count). The van der Waals surface area contributed by atoms with Crippen molar-refractivity contribution in [3.05, 3.63) is 33.8 Å². The minimum absolute atomic E-state index is 0.0313. The molecule has 0 fully saturated rings. The van der Waals surface area contributed by atoms with Gasteiger partial charge in [-0.25, -0.2) is 0 Å². The van der Waals surface area contributed by atoms with E-state index in [2.05, 4.69) is 21.2 Å². The van der Waals surface area contributed by atoms with Gasteiger partial charge in [0.15, 0.2) is 0 Å². The number of benzene rings is 1. The first-order chi connectivity index (χ1) is 6.48. The number of hydrogen-bond donors (Lipinski definition) is 1. The largest absolute Gasteiger partial charge is 0.347 e. The number of carbonyl (C=O) groups excluding carboxylic acids is 1. The Labute approximate surface area is 91.8 Å². The smallest absolute Gasteiger partial charge is 0.251 e. The fraction of sp³-hybridized carbons (Fsp3) is 0.364. The summed E-state index contributed by atoms with van der Waals surface area (Å²) in [5, 5.41) is 2.98. The zero-order valence-corrected chi connectivity index (χ0v) is 9.81. The van der Waals surface area contributed by atoms with Crippen LogP contribution in [0.4, 0.5) is 0 Å². The van der Waals surface area contributed by atoms with Gasteiger partial charge in [0.2, 0.25) is 0 Å². The van der Waals surface area contributed by atoms with Crippen LogP contribution in [0.3, 0.4) is 0 Å². The summed E-state index contributed by atoms with van der Waals surface area (Å²) in [7, 11) is 0. The molecular formula is C11H12BrNO. The quantitative estimate of drug-likeness (QED) is 0.757. The van der Waals surface area contributed by atoms with Gasteiger partial charge in [0.05, 0.1) is 0 Å². The highest BCUT2D eigenvalue weighted by Gasteiger charge is 2.29. The van der Waals surface area contributed by atoms with Gasteiger partial charge in [-0.15, -0.1) is 0 Å². The molecule has 14 heavy (non-hydrogen) atoms. The van der Waals surface area contributed by atoms with E-state index in [9.17, 15) is 4.79 Å². The van der Waals surface area contributed by atoms with Crippen LogP contribution in [0, 0.1) is 0 Å². The maximum absolute atomic E-state index is 11.7. The van der Waals surface area contributed by atoms with E-state index in [-0.39, 0.29) is 11.4 Å². The predicted octanol–water partition coefficient (Wildman–Crippen LogP) is 2.51. The number of hydrogen-bond acceptors (Lipinski definition) is 1. The van der Waals surface area contributed by atoms with Crippen molar-refractivity contribution in [2.24, 2.45) is 0 Å². The highest BCUT2D eigenvalue weighted by molar-refractivity contribution is 9.10. The van der Waals surface area contributed by atoms with Crippen LogP contribution in [0.1, 0.15) is 29.8 Å². The molecule has 0 saturated heterocycles. The van der Waals surface area contributed by atoms with Crippen molar-refractivity contribution >= 4 is 21.8 Å². The van der Waals surface area contributed by atoms with E-state index in [1.165, 1.54) is 0 Å². The first-order valence-electron chi connectivity index (χ1n) is 4.59. The number of halogens is 1. The summed E-state index contributed by atoms with van der Waals surface area (Å²) in [6.45, 7) is 4.07.